The minimum atomic E-state index is 0.161. The second-order valence-electron chi connectivity index (χ2n) is 4.25. The van der Waals surface area contributed by atoms with Crippen molar-refractivity contribution < 1.29 is 9.53 Å². The van der Waals surface area contributed by atoms with E-state index in [9.17, 15) is 4.79 Å². The lowest BCUT2D eigenvalue weighted by molar-refractivity contribution is -0.138. The standard InChI is InChI=1S/C11H16N2O2S2/c1-7-6-15-4-3-13(7)10(14)5-9-8(2)12-11(16)17-9/h7H,3-6H2,1-2H3,(H,12,16). The van der Waals surface area contributed by atoms with E-state index in [-0.39, 0.29) is 11.9 Å². The van der Waals surface area contributed by atoms with E-state index >= 15 is 0 Å². The molecule has 1 aromatic rings. The van der Waals surface area contributed by atoms with Gasteiger partial charge in [-0.1, -0.05) is 0 Å². The van der Waals surface area contributed by atoms with Gasteiger partial charge in [-0.2, -0.15) is 0 Å². The highest BCUT2D eigenvalue weighted by Gasteiger charge is 2.24. The van der Waals surface area contributed by atoms with Crippen LogP contribution in [0.4, 0.5) is 0 Å². The van der Waals surface area contributed by atoms with E-state index in [1.165, 1.54) is 11.3 Å². The van der Waals surface area contributed by atoms with E-state index in [1.807, 2.05) is 18.7 Å². The third-order valence-electron chi connectivity index (χ3n) is 2.92. The van der Waals surface area contributed by atoms with Crippen LogP contribution in [0.15, 0.2) is 0 Å². The van der Waals surface area contributed by atoms with E-state index in [0.29, 0.717) is 26.2 Å². The van der Waals surface area contributed by atoms with Crippen molar-refractivity contribution in [3.8, 4) is 0 Å². The zero-order valence-electron chi connectivity index (χ0n) is 9.99. The zero-order valence-corrected chi connectivity index (χ0v) is 11.6. The van der Waals surface area contributed by atoms with Crippen LogP contribution < -0.4 is 0 Å². The average Bonchev–Trinajstić information content (AvgIpc) is 2.58. The molecule has 0 aliphatic carbocycles. The van der Waals surface area contributed by atoms with Gasteiger partial charge in [0.05, 0.1) is 25.7 Å². The molecule has 0 aromatic carbocycles. The summed E-state index contributed by atoms with van der Waals surface area (Å²) in [4.78, 5) is 18.2. The zero-order chi connectivity index (χ0) is 12.4. The van der Waals surface area contributed by atoms with Crippen molar-refractivity contribution >= 4 is 29.5 Å². The summed E-state index contributed by atoms with van der Waals surface area (Å²) < 4.78 is 6.06. The second kappa shape index (κ2) is 5.29. The lowest BCUT2D eigenvalue weighted by Crippen LogP contribution is -2.47. The van der Waals surface area contributed by atoms with E-state index in [2.05, 4.69) is 4.98 Å². The van der Waals surface area contributed by atoms with Crippen LogP contribution in [0, 0.1) is 10.9 Å². The Labute approximate surface area is 110 Å². The Morgan fingerprint density at radius 2 is 2.47 bits per heavy atom. The number of morpholine rings is 1. The molecule has 1 atom stereocenters. The molecule has 1 aliphatic rings. The first-order valence-corrected chi connectivity index (χ1v) is 6.86. The van der Waals surface area contributed by atoms with Gasteiger partial charge in [0.2, 0.25) is 5.91 Å². The molecule has 1 aliphatic heterocycles. The Balaban J connectivity index is 2.05. The van der Waals surface area contributed by atoms with Crippen molar-refractivity contribution in [1.29, 1.82) is 0 Å². The van der Waals surface area contributed by atoms with Crippen LogP contribution in [-0.4, -0.2) is 41.6 Å². The molecule has 1 unspecified atom stereocenters. The smallest absolute Gasteiger partial charge is 0.228 e. The molecule has 2 heterocycles. The average molecular weight is 272 g/mol. The lowest BCUT2D eigenvalue weighted by atomic mass is 10.2. The van der Waals surface area contributed by atoms with Crippen LogP contribution >= 0.6 is 23.6 Å². The molecule has 1 N–H and O–H groups in total. The first-order valence-electron chi connectivity index (χ1n) is 5.63. The van der Waals surface area contributed by atoms with Crippen LogP contribution in [0.25, 0.3) is 0 Å². The third kappa shape index (κ3) is 2.94. The molecule has 17 heavy (non-hydrogen) atoms. The number of H-pyrrole nitrogens is 1. The first kappa shape index (κ1) is 12.7. The van der Waals surface area contributed by atoms with Crippen molar-refractivity contribution in [2.75, 3.05) is 19.8 Å². The highest BCUT2D eigenvalue weighted by Crippen LogP contribution is 2.17. The van der Waals surface area contributed by atoms with Crippen LogP contribution in [0.5, 0.6) is 0 Å². The van der Waals surface area contributed by atoms with E-state index in [1.54, 1.807) is 0 Å². The number of carbonyl (C=O) groups is 1. The molecule has 1 saturated heterocycles. The van der Waals surface area contributed by atoms with Gasteiger partial charge in [0.25, 0.3) is 0 Å². The van der Waals surface area contributed by atoms with Gasteiger partial charge < -0.3 is 14.6 Å². The van der Waals surface area contributed by atoms with Gasteiger partial charge in [0, 0.05) is 17.1 Å². The minimum absolute atomic E-state index is 0.161. The summed E-state index contributed by atoms with van der Waals surface area (Å²) in [6, 6.07) is 0.170. The van der Waals surface area contributed by atoms with E-state index in [0.717, 1.165) is 14.5 Å². The number of ether oxygens (including phenoxy) is 1. The maximum absolute atomic E-state index is 12.2. The number of aromatic nitrogens is 1. The normalized spacial score (nSPS) is 20.6. The Kier molecular flexibility index (Phi) is 3.96. The monoisotopic (exact) mass is 272 g/mol. The number of aromatic amines is 1. The summed E-state index contributed by atoms with van der Waals surface area (Å²) in [5, 5.41) is 0. The highest BCUT2D eigenvalue weighted by atomic mass is 32.1. The fourth-order valence-electron chi connectivity index (χ4n) is 1.94. The van der Waals surface area contributed by atoms with Gasteiger partial charge in [0.15, 0.2) is 3.95 Å². The second-order valence-corrected chi connectivity index (χ2v) is 6.02. The number of hydrogen-bond donors (Lipinski definition) is 1. The Morgan fingerprint density at radius 1 is 1.71 bits per heavy atom. The first-order chi connectivity index (χ1) is 8.08. The van der Waals surface area contributed by atoms with Gasteiger partial charge in [0.1, 0.15) is 0 Å². The third-order valence-corrected chi connectivity index (χ3v) is 4.26. The highest BCUT2D eigenvalue weighted by molar-refractivity contribution is 7.73. The summed E-state index contributed by atoms with van der Waals surface area (Å²) in [7, 11) is 0. The lowest BCUT2D eigenvalue weighted by Gasteiger charge is -2.33. The molecule has 1 amide bonds. The van der Waals surface area contributed by atoms with Crippen molar-refractivity contribution in [3.63, 3.8) is 0 Å². The number of hydrogen-bond acceptors (Lipinski definition) is 4. The van der Waals surface area contributed by atoms with Gasteiger partial charge >= 0.3 is 0 Å². The number of aryl methyl sites for hydroxylation is 1. The summed E-state index contributed by atoms with van der Waals surface area (Å²) in [5.41, 5.74) is 1.01. The molecule has 2 rings (SSSR count). The Hall–Kier alpha value is -0.720. The molecule has 1 aromatic heterocycles. The van der Waals surface area contributed by atoms with Gasteiger partial charge in [-0.15, -0.1) is 11.3 Å². The van der Waals surface area contributed by atoms with E-state index < -0.39 is 0 Å². The minimum Gasteiger partial charge on any atom is -0.377 e. The molecule has 6 heteroatoms. The van der Waals surface area contributed by atoms with Crippen LogP contribution in [-0.2, 0) is 16.0 Å². The largest absolute Gasteiger partial charge is 0.377 e. The number of nitrogens with zero attached hydrogens (tertiary/aromatic N) is 1. The number of nitrogens with one attached hydrogen (secondary N) is 1. The number of rotatable bonds is 2. The van der Waals surface area contributed by atoms with Crippen molar-refractivity contribution in [3.05, 3.63) is 14.5 Å². The summed E-state index contributed by atoms with van der Waals surface area (Å²) in [6.45, 7) is 5.93. The Bertz CT molecular complexity index is 466. The quantitative estimate of drug-likeness (QED) is 0.836. The molecule has 0 radical (unpaired) electrons. The Morgan fingerprint density at radius 3 is 3.06 bits per heavy atom. The van der Waals surface area contributed by atoms with E-state index in [4.69, 9.17) is 17.0 Å². The van der Waals surface area contributed by atoms with Crippen molar-refractivity contribution in [1.82, 2.24) is 9.88 Å². The molecule has 4 nitrogen and oxygen atoms in total. The number of amides is 1. The maximum Gasteiger partial charge on any atom is 0.228 e. The number of thiazole rings is 1. The fourth-order valence-corrected chi connectivity index (χ4v) is 3.22. The van der Waals surface area contributed by atoms with Crippen molar-refractivity contribution in [2.45, 2.75) is 26.3 Å². The topological polar surface area (TPSA) is 45.3 Å². The maximum atomic E-state index is 12.2. The predicted octanol–water partition coefficient (Wildman–Crippen LogP) is 1.90. The van der Waals surface area contributed by atoms with Crippen LogP contribution in [0.1, 0.15) is 17.5 Å². The fraction of sp³-hybridized carbons (Fsp3) is 0.636. The molecule has 0 bridgehead atoms. The summed E-state index contributed by atoms with van der Waals surface area (Å²) in [5.74, 6) is 0.161. The molecular weight excluding hydrogens is 256 g/mol. The molecule has 0 spiro atoms. The van der Waals surface area contributed by atoms with Gasteiger partial charge in [-0.25, -0.2) is 0 Å². The van der Waals surface area contributed by atoms with Gasteiger partial charge in [-0.3, -0.25) is 4.79 Å². The molecular formula is C11H16N2O2S2. The van der Waals surface area contributed by atoms with Crippen molar-refractivity contribution in [2.24, 2.45) is 0 Å². The number of carbonyl (C=O) groups excluding carboxylic acids is 1. The van der Waals surface area contributed by atoms with Crippen LogP contribution in [0.3, 0.4) is 0 Å². The molecule has 94 valence electrons. The summed E-state index contributed by atoms with van der Waals surface area (Å²) in [6.07, 6.45) is 0.438. The molecule has 0 saturated carbocycles. The van der Waals surface area contributed by atoms with Crippen LogP contribution in [0.2, 0.25) is 0 Å². The molecule has 1 fully saturated rings. The predicted molar refractivity (Wildman–Crippen MR) is 69.9 cm³/mol. The van der Waals surface area contributed by atoms with Gasteiger partial charge in [-0.05, 0) is 26.1 Å². The summed E-state index contributed by atoms with van der Waals surface area (Å²) >= 11 is 6.56. The SMILES string of the molecule is Cc1[nH]c(=S)sc1CC(=O)N1CCOCC1C.